The molecule has 0 radical (unpaired) electrons. The van der Waals surface area contributed by atoms with Crippen LogP contribution in [0.15, 0.2) is 35.7 Å². The molecular formula is C16H18N2OS. The van der Waals surface area contributed by atoms with Gasteiger partial charge in [-0.25, -0.2) is 0 Å². The minimum atomic E-state index is 0.0231. The molecule has 1 amide bonds. The number of nitrogens with one attached hydrogen (secondary N) is 2. The summed E-state index contributed by atoms with van der Waals surface area (Å²) in [6.45, 7) is 2.58. The van der Waals surface area contributed by atoms with Crippen LogP contribution in [0.25, 0.3) is 0 Å². The quantitative estimate of drug-likeness (QED) is 0.906. The second-order valence-electron chi connectivity index (χ2n) is 5.00. The van der Waals surface area contributed by atoms with E-state index in [4.69, 9.17) is 0 Å². The van der Waals surface area contributed by atoms with Crippen LogP contribution in [0, 0.1) is 0 Å². The van der Waals surface area contributed by atoms with Crippen LogP contribution in [0.1, 0.15) is 26.4 Å². The first kappa shape index (κ1) is 13.3. The number of carbonyl (C=O) groups excluding carboxylic acids is 1. The van der Waals surface area contributed by atoms with E-state index in [1.807, 2.05) is 18.2 Å². The van der Waals surface area contributed by atoms with Crippen molar-refractivity contribution in [3.05, 3.63) is 57.3 Å². The molecule has 0 bridgehead atoms. The first-order valence-electron chi connectivity index (χ1n) is 6.96. The summed E-state index contributed by atoms with van der Waals surface area (Å²) in [6, 6.07) is 10.2. The predicted octanol–water partition coefficient (Wildman–Crippen LogP) is 2.37. The molecule has 20 heavy (non-hydrogen) atoms. The van der Waals surface area contributed by atoms with E-state index in [1.54, 1.807) is 11.3 Å². The zero-order chi connectivity index (χ0) is 13.8. The molecule has 3 rings (SSSR count). The summed E-state index contributed by atoms with van der Waals surface area (Å²) in [5.41, 5.74) is 3.37. The lowest BCUT2D eigenvalue weighted by molar-refractivity contribution is 0.0954. The van der Waals surface area contributed by atoms with Crippen molar-refractivity contribution in [3.63, 3.8) is 0 Å². The van der Waals surface area contributed by atoms with Crippen molar-refractivity contribution < 1.29 is 4.79 Å². The lowest BCUT2D eigenvalue weighted by Crippen LogP contribution is -2.27. The van der Waals surface area contributed by atoms with Crippen molar-refractivity contribution in [3.8, 4) is 0 Å². The zero-order valence-corrected chi connectivity index (χ0v) is 12.1. The maximum Gasteiger partial charge on any atom is 0.251 e. The van der Waals surface area contributed by atoms with Crippen LogP contribution in [0.2, 0.25) is 0 Å². The van der Waals surface area contributed by atoms with Gasteiger partial charge in [0.25, 0.3) is 5.91 Å². The van der Waals surface area contributed by atoms with Crippen LogP contribution in [0.3, 0.4) is 0 Å². The highest BCUT2D eigenvalue weighted by Crippen LogP contribution is 2.16. The Morgan fingerprint density at radius 3 is 3.10 bits per heavy atom. The standard InChI is InChI=1S/C16H18N2OS/c19-16(18-8-6-15-2-1-9-20-15)13-4-3-12-5-7-17-11-14(12)10-13/h1-4,9-10,17H,5-8,11H2,(H,18,19). The molecule has 3 nitrogen and oxygen atoms in total. The molecule has 2 N–H and O–H groups in total. The summed E-state index contributed by atoms with van der Waals surface area (Å²) in [5, 5.41) is 8.39. The van der Waals surface area contributed by atoms with Gasteiger partial charge in [-0.15, -0.1) is 11.3 Å². The predicted molar refractivity (Wildman–Crippen MR) is 82.2 cm³/mol. The third-order valence-corrected chi connectivity index (χ3v) is 4.53. The van der Waals surface area contributed by atoms with Crippen LogP contribution in [-0.2, 0) is 19.4 Å². The molecule has 0 aliphatic carbocycles. The zero-order valence-electron chi connectivity index (χ0n) is 11.3. The van der Waals surface area contributed by atoms with Crippen LogP contribution < -0.4 is 10.6 Å². The summed E-state index contributed by atoms with van der Waals surface area (Å²) >= 11 is 1.73. The number of carbonyl (C=O) groups is 1. The lowest BCUT2D eigenvalue weighted by Gasteiger charge is -2.17. The van der Waals surface area contributed by atoms with Gasteiger partial charge in [0.1, 0.15) is 0 Å². The van der Waals surface area contributed by atoms with Gasteiger partial charge in [-0.1, -0.05) is 12.1 Å². The Morgan fingerprint density at radius 1 is 1.30 bits per heavy atom. The SMILES string of the molecule is O=C(NCCc1cccs1)c1ccc2c(c1)CNCC2. The second-order valence-corrected chi connectivity index (χ2v) is 6.03. The van der Waals surface area contributed by atoms with Crippen molar-refractivity contribution in [1.29, 1.82) is 0 Å². The Labute approximate surface area is 123 Å². The van der Waals surface area contributed by atoms with E-state index in [0.717, 1.165) is 31.5 Å². The number of hydrogen-bond acceptors (Lipinski definition) is 3. The van der Waals surface area contributed by atoms with Gasteiger partial charge < -0.3 is 10.6 Å². The minimum absolute atomic E-state index is 0.0231. The maximum absolute atomic E-state index is 12.1. The monoisotopic (exact) mass is 286 g/mol. The summed E-state index contributed by atoms with van der Waals surface area (Å²) in [4.78, 5) is 13.4. The smallest absolute Gasteiger partial charge is 0.251 e. The molecule has 0 saturated carbocycles. The maximum atomic E-state index is 12.1. The van der Waals surface area contributed by atoms with Gasteiger partial charge >= 0.3 is 0 Å². The molecule has 0 spiro atoms. The fraction of sp³-hybridized carbons (Fsp3) is 0.312. The van der Waals surface area contributed by atoms with Crippen LogP contribution in [0.5, 0.6) is 0 Å². The van der Waals surface area contributed by atoms with Crippen molar-refractivity contribution in [1.82, 2.24) is 10.6 Å². The number of benzene rings is 1. The first-order chi connectivity index (χ1) is 9.83. The van der Waals surface area contributed by atoms with E-state index in [-0.39, 0.29) is 5.91 Å². The Balaban J connectivity index is 1.59. The van der Waals surface area contributed by atoms with E-state index in [9.17, 15) is 4.79 Å². The number of rotatable bonds is 4. The lowest BCUT2D eigenvalue weighted by atomic mass is 9.98. The van der Waals surface area contributed by atoms with Crippen molar-refractivity contribution in [2.75, 3.05) is 13.1 Å². The highest BCUT2D eigenvalue weighted by Gasteiger charge is 2.12. The first-order valence-corrected chi connectivity index (χ1v) is 7.84. The number of amides is 1. The molecule has 2 aromatic rings. The largest absolute Gasteiger partial charge is 0.352 e. The van der Waals surface area contributed by atoms with Gasteiger partial charge in [-0.3, -0.25) is 4.79 Å². The van der Waals surface area contributed by atoms with Crippen LogP contribution >= 0.6 is 11.3 Å². The number of hydrogen-bond donors (Lipinski definition) is 2. The Kier molecular flexibility index (Phi) is 4.14. The van der Waals surface area contributed by atoms with E-state index in [0.29, 0.717) is 6.54 Å². The molecule has 1 aromatic carbocycles. The average Bonchev–Trinajstić information content (AvgIpc) is 3.00. The molecule has 1 aliphatic rings. The average molecular weight is 286 g/mol. The molecule has 0 saturated heterocycles. The van der Waals surface area contributed by atoms with E-state index < -0.39 is 0 Å². The molecule has 104 valence electrons. The topological polar surface area (TPSA) is 41.1 Å². The van der Waals surface area contributed by atoms with Gasteiger partial charge in [-0.05, 0) is 54.1 Å². The third kappa shape index (κ3) is 3.08. The third-order valence-electron chi connectivity index (χ3n) is 3.59. The Morgan fingerprint density at radius 2 is 2.25 bits per heavy atom. The molecule has 0 fully saturated rings. The normalized spacial score (nSPS) is 13.8. The fourth-order valence-electron chi connectivity index (χ4n) is 2.48. The Bertz CT molecular complexity index is 593. The summed E-state index contributed by atoms with van der Waals surface area (Å²) in [5.74, 6) is 0.0231. The molecule has 2 heterocycles. The minimum Gasteiger partial charge on any atom is -0.352 e. The number of fused-ring (bicyclic) bond motifs is 1. The molecule has 1 aliphatic heterocycles. The molecule has 0 atom stereocenters. The summed E-state index contributed by atoms with van der Waals surface area (Å²) < 4.78 is 0. The fourth-order valence-corrected chi connectivity index (χ4v) is 3.19. The van der Waals surface area contributed by atoms with E-state index in [2.05, 4.69) is 28.1 Å². The molecular weight excluding hydrogens is 268 g/mol. The highest BCUT2D eigenvalue weighted by atomic mass is 32.1. The van der Waals surface area contributed by atoms with Gasteiger partial charge in [0.05, 0.1) is 0 Å². The van der Waals surface area contributed by atoms with Crippen molar-refractivity contribution in [2.24, 2.45) is 0 Å². The number of thiophene rings is 1. The Hall–Kier alpha value is -1.65. The van der Waals surface area contributed by atoms with Crippen LogP contribution in [0.4, 0.5) is 0 Å². The summed E-state index contributed by atoms with van der Waals surface area (Å²) in [7, 11) is 0. The second kappa shape index (κ2) is 6.20. The molecule has 0 unspecified atom stereocenters. The van der Waals surface area contributed by atoms with Crippen molar-refractivity contribution >= 4 is 17.2 Å². The van der Waals surface area contributed by atoms with Gasteiger partial charge in [0.15, 0.2) is 0 Å². The van der Waals surface area contributed by atoms with Gasteiger partial charge in [0.2, 0.25) is 0 Å². The van der Waals surface area contributed by atoms with E-state index >= 15 is 0 Å². The van der Waals surface area contributed by atoms with Gasteiger partial charge in [-0.2, -0.15) is 0 Å². The van der Waals surface area contributed by atoms with E-state index in [1.165, 1.54) is 16.0 Å². The highest BCUT2D eigenvalue weighted by molar-refractivity contribution is 7.09. The van der Waals surface area contributed by atoms with Crippen molar-refractivity contribution in [2.45, 2.75) is 19.4 Å². The molecule has 4 heteroatoms. The molecule has 1 aromatic heterocycles. The van der Waals surface area contributed by atoms with Gasteiger partial charge in [0, 0.05) is 23.5 Å². The summed E-state index contributed by atoms with van der Waals surface area (Å²) in [6.07, 6.45) is 1.95. The van der Waals surface area contributed by atoms with Crippen LogP contribution in [-0.4, -0.2) is 19.0 Å².